The van der Waals surface area contributed by atoms with Crippen LogP contribution in [0.15, 0.2) is 42.5 Å². The molecule has 1 saturated carbocycles. The molecule has 1 N–H and O–H groups in total. The average Bonchev–Trinajstić information content (AvgIpc) is 3.33. The van der Waals surface area contributed by atoms with Crippen LogP contribution in [0.4, 0.5) is 5.69 Å². The Bertz CT molecular complexity index is 937. The Morgan fingerprint density at radius 3 is 2.48 bits per heavy atom. The summed E-state index contributed by atoms with van der Waals surface area (Å²) >= 11 is 0. The van der Waals surface area contributed by atoms with E-state index in [-0.39, 0.29) is 5.54 Å². The number of para-hydroxylation sites is 2. The summed E-state index contributed by atoms with van der Waals surface area (Å²) in [7, 11) is 0. The van der Waals surface area contributed by atoms with E-state index in [2.05, 4.69) is 84.1 Å². The summed E-state index contributed by atoms with van der Waals surface area (Å²) in [5, 5.41) is 16.9. The molecule has 0 atom stereocenters. The van der Waals surface area contributed by atoms with Crippen LogP contribution in [0.25, 0.3) is 5.69 Å². The normalized spacial score (nSPS) is 15.8. The van der Waals surface area contributed by atoms with E-state index in [1.54, 1.807) is 0 Å². The van der Waals surface area contributed by atoms with E-state index in [0.29, 0.717) is 0 Å². The average molecular weight is 361 g/mol. The molecule has 5 heteroatoms. The fourth-order valence-corrected chi connectivity index (χ4v) is 4.30. The first-order valence-electron chi connectivity index (χ1n) is 9.86. The van der Waals surface area contributed by atoms with Crippen molar-refractivity contribution in [2.45, 2.75) is 58.4 Å². The zero-order valence-electron chi connectivity index (χ0n) is 16.4. The van der Waals surface area contributed by atoms with Gasteiger partial charge in [-0.25, -0.2) is 0 Å². The smallest absolute Gasteiger partial charge is 0.181 e. The second-order valence-electron chi connectivity index (χ2n) is 7.58. The van der Waals surface area contributed by atoms with Gasteiger partial charge in [0.25, 0.3) is 0 Å². The van der Waals surface area contributed by atoms with Gasteiger partial charge in [0.05, 0.1) is 11.2 Å². The van der Waals surface area contributed by atoms with E-state index in [4.69, 9.17) is 0 Å². The molecule has 1 aromatic heterocycles. The highest BCUT2D eigenvalue weighted by molar-refractivity contribution is 5.54. The standard InChI is InChI=1S/C22H27N5/c1-4-18-12-9-11-17(3)20(18)27-21(24-25-26-27)22(14-7-8-15-22)23-19-13-6-5-10-16(19)2/h5-6,9-13,23H,4,7-8,14-15H2,1-3H3. The highest BCUT2D eigenvalue weighted by Gasteiger charge is 2.41. The molecule has 0 unspecified atom stereocenters. The largest absolute Gasteiger partial charge is 0.372 e. The van der Waals surface area contributed by atoms with E-state index >= 15 is 0 Å². The topological polar surface area (TPSA) is 55.6 Å². The molecule has 0 saturated heterocycles. The van der Waals surface area contributed by atoms with Crippen LogP contribution in [0.5, 0.6) is 0 Å². The zero-order valence-corrected chi connectivity index (χ0v) is 16.4. The van der Waals surface area contributed by atoms with Crippen molar-refractivity contribution < 1.29 is 0 Å². The summed E-state index contributed by atoms with van der Waals surface area (Å²) in [4.78, 5) is 0. The van der Waals surface area contributed by atoms with Gasteiger partial charge in [0.15, 0.2) is 5.82 Å². The fraction of sp³-hybridized carbons (Fsp3) is 0.409. The van der Waals surface area contributed by atoms with E-state index in [9.17, 15) is 0 Å². The third-order valence-electron chi connectivity index (χ3n) is 5.79. The molecule has 1 aliphatic carbocycles. The van der Waals surface area contributed by atoms with Crippen molar-refractivity contribution >= 4 is 5.69 Å². The van der Waals surface area contributed by atoms with Crippen LogP contribution in [0.2, 0.25) is 0 Å². The monoisotopic (exact) mass is 361 g/mol. The predicted molar refractivity (Wildman–Crippen MR) is 108 cm³/mol. The SMILES string of the molecule is CCc1cccc(C)c1-n1nnnc1C1(Nc2ccccc2C)CCCC1. The summed E-state index contributed by atoms with van der Waals surface area (Å²) in [6.45, 7) is 6.46. The number of nitrogens with zero attached hydrogens (tertiary/aromatic N) is 4. The molecule has 1 fully saturated rings. The molecule has 1 aliphatic rings. The minimum Gasteiger partial charge on any atom is -0.372 e. The maximum atomic E-state index is 4.53. The van der Waals surface area contributed by atoms with Crippen LogP contribution >= 0.6 is 0 Å². The summed E-state index contributed by atoms with van der Waals surface area (Å²) in [6.07, 6.45) is 5.39. The van der Waals surface area contributed by atoms with Gasteiger partial charge in [0, 0.05) is 5.69 Å². The van der Waals surface area contributed by atoms with Gasteiger partial charge in [-0.1, -0.05) is 56.2 Å². The van der Waals surface area contributed by atoms with Gasteiger partial charge < -0.3 is 5.32 Å². The Kier molecular flexibility index (Phi) is 4.68. The highest BCUT2D eigenvalue weighted by atomic mass is 15.6. The molecule has 2 aromatic carbocycles. The maximum absolute atomic E-state index is 4.53. The van der Waals surface area contributed by atoms with Gasteiger partial charge in [0.1, 0.15) is 0 Å². The number of anilines is 1. The van der Waals surface area contributed by atoms with Crippen molar-refractivity contribution in [1.29, 1.82) is 0 Å². The van der Waals surface area contributed by atoms with Crippen molar-refractivity contribution in [3.8, 4) is 5.69 Å². The number of hydrogen-bond donors (Lipinski definition) is 1. The van der Waals surface area contributed by atoms with Gasteiger partial charge in [-0.2, -0.15) is 4.68 Å². The van der Waals surface area contributed by atoms with Crippen LogP contribution in [0.3, 0.4) is 0 Å². The third kappa shape index (κ3) is 3.11. The maximum Gasteiger partial charge on any atom is 0.181 e. The van der Waals surface area contributed by atoms with Crippen molar-refractivity contribution in [1.82, 2.24) is 20.2 Å². The lowest BCUT2D eigenvalue weighted by Gasteiger charge is -2.31. The number of rotatable bonds is 5. The summed E-state index contributed by atoms with van der Waals surface area (Å²) < 4.78 is 1.98. The first-order chi connectivity index (χ1) is 13.1. The quantitative estimate of drug-likeness (QED) is 0.714. The van der Waals surface area contributed by atoms with Crippen LogP contribution in [-0.4, -0.2) is 20.2 Å². The summed E-state index contributed by atoms with van der Waals surface area (Å²) in [6, 6.07) is 14.9. The van der Waals surface area contributed by atoms with E-state index in [1.807, 2.05) is 4.68 Å². The molecule has 5 nitrogen and oxygen atoms in total. The molecular weight excluding hydrogens is 334 g/mol. The number of nitrogens with one attached hydrogen (secondary N) is 1. The number of aryl methyl sites for hydroxylation is 3. The molecular formula is C22H27N5. The summed E-state index contributed by atoms with van der Waals surface area (Å²) in [5.74, 6) is 0.923. The van der Waals surface area contributed by atoms with E-state index in [0.717, 1.165) is 36.5 Å². The van der Waals surface area contributed by atoms with E-state index < -0.39 is 0 Å². The van der Waals surface area contributed by atoms with Gasteiger partial charge >= 0.3 is 0 Å². The zero-order chi connectivity index (χ0) is 18.9. The molecule has 140 valence electrons. The van der Waals surface area contributed by atoms with E-state index in [1.165, 1.54) is 29.5 Å². The second kappa shape index (κ2) is 7.14. The Morgan fingerprint density at radius 2 is 1.74 bits per heavy atom. The minimum absolute atomic E-state index is 0.233. The Hall–Kier alpha value is -2.69. The molecule has 4 rings (SSSR count). The molecule has 0 aliphatic heterocycles. The highest BCUT2D eigenvalue weighted by Crippen LogP contribution is 2.42. The first-order valence-corrected chi connectivity index (χ1v) is 9.86. The van der Waals surface area contributed by atoms with Gasteiger partial charge in [0.2, 0.25) is 0 Å². The Balaban J connectivity index is 1.83. The van der Waals surface area contributed by atoms with Crippen LogP contribution in [0, 0.1) is 13.8 Å². The van der Waals surface area contributed by atoms with Crippen molar-refractivity contribution in [3.63, 3.8) is 0 Å². The number of tetrazole rings is 1. The van der Waals surface area contributed by atoms with Crippen molar-refractivity contribution in [2.24, 2.45) is 0 Å². The summed E-state index contributed by atoms with van der Waals surface area (Å²) in [5.41, 5.74) is 5.77. The lowest BCUT2D eigenvalue weighted by atomic mass is 9.94. The number of benzene rings is 2. The van der Waals surface area contributed by atoms with Crippen LogP contribution in [0.1, 0.15) is 55.1 Å². The molecule has 0 radical (unpaired) electrons. The van der Waals surface area contributed by atoms with Crippen molar-refractivity contribution in [2.75, 3.05) is 5.32 Å². The molecule has 0 bridgehead atoms. The molecule has 1 heterocycles. The molecule has 0 spiro atoms. The minimum atomic E-state index is -0.233. The Morgan fingerprint density at radius 1 is 1.00 bits per heavy atom. The second-order valence-corrected chi connectivity index (χ2v) is 7.58. The Labute approximate surface area is 160 Å². The first kappa shape index (κ1) is 17.7. The number of aromatic nitrogens is 4. The van der Waals surface area contributed by atoms with Gasteiger partial charge in [-0.3, -0.25) is 0 Å². The molecule has 0 amide bonds. The predicted octanol–water partition coefficient (Wildman–Crippen LogP) is 4.72. The van der Waals surface area contributed by atoms with Gasteiger partial charge in [-0.05, 0) is 66.3 Å². The van der Waals surface area contributed by atoms with Crippen LogP contribution in [-0.2, 0) is 12.0 Å². The molecule has 27 heavy (non-hydrogen) atoms. The third-order valence-corrected chi connectivity index (χ3v) is 5.79. The van der Waals surface area contributed by atoms with Crippen LogP contribution < -0.4 is 5.32 Å². The fourth-order valence-electron chi connectivity index (χ4n) is 4.30. The number of hydrogen-bond acceptors (Lipinski definition) is 4. The lowest BCUT2D eigenvalue weighted by molar-refractivity contribution is 0.460. The lowest BCUT2D eigenvalue weighted by Crippen LogP contribution is -2.36. The van der Waals surface area contributed by atoms with Crippen molar-refractivity contribution in [3.05, 3.63) is 65.0 Å². The molecule has 3 aromatic rings. The van der Waals surface area contributed by atoms with Gasteiger partial charge in [-0.15, -0.1) is 5.10 Å².